The van der Waals surface area contributed by atoms with Crippen molar-refractivity contribution in [3.8, 4) is 0 Å². The highest BCUT2D eigenvalue weighted by Gasteiger charge is 2.12. The molecule has 4 heteroatoms. The zero-order valence-electron chi connectivity index (χ0n) is 10.6. The van der Waals surface area contributed by atoms with E-state index in [4.69, 9.17) is 11.6 Å². The minimum Gasteiger partial charge on any atom is -0.344 e. The van der Waals surface area contributed by atoms with Crippen LogP contribution in [-0.2, 0) is 5.88 Å². The smallest absolute Gasteiger partial charge is 0.251 e. The van der Waals surface area contributed by atoms with Gasteiger partial charge in [0.1, 0.15) is 0 Å². The maximum atomic E-state index is 12.1. The molecule has 1 aromatic heterocycles. The van der Waals surface area contributed by atoms with Gasteiger partial charge in [0, 0.05) is 17.6 Å². The topological polar surface area (TPSA) is 42.0 Å². The van der Waals surface area contributed by atoms with Crippen LogP contribution in [0.15, 0.2) is 48.7 Å². The standard InChI is InChI=1S/C15H15ClN2O/c1-11(14-7-2-3-8-17-14)18-15(19)13-6-4-5-12(9-13)10-16/h2-9,11H,10H2,1H3,(H,18,19). The number of amides is 1. The van der Waals surface area contributed by atoms with Gasteiger partial charge in [0.15, 0.2) is 0 Å². The number of aromatic nitrogens is 1. The third-order valence-electron chi connectivity index (χ3n) is 2.82. The number of benzene rings is 1. The van der Waals surface area contributed by atoms with E-state index in [1.165, 1.54) is 0 Å². The van der Waals surface area contributed by atoms with Gasteiger partial charge in [-0.1, -0.05) is 18.2 Å². The molecule has 0 aliphatic heterocycles. The van der Waals surface area contributed by atoms with Gasteiger partial charge in [-0.25, -0.2) is 0 Å². The molecule has 0 bridgehead atoms. The molecule has 1 heterocycles. The fourth-order valence-corrected chi connectivity index (χ4v) is 1.95. The van der Waals surface area contributed by atoms with Crippen LogP contribution < -0.4 is 5.32 Å². The number of nitrogens with one attached hydrogen (secondary N) is 1. The fourth-order valence-electron chi connectivity index (χ4n) is 1.78. The molecule has 0 radical (unpaired) electrons. The molecule has 0 aliphatic carbocycles. The SMILES string of the molecule is CC(NC(=O)c1cccc(CCl)c1)c1ccccn1. The van der Waals surface area contributed by atoms with Crippen LogP contribution in [0, 0.1) is 0 Å². The summed E-state index contributed by atoms with van der Waals surface area (Å²) >= 11 is 5.76. The molecule has 0 spiro atoms. The second-order valence-corrected chi connectivity index (χ2v) is 4.55. The molecule has 3 nitrogen and oxygen atoms in total. The van der Waals surface area contributed by atoms with E-state index in [-0.39, 0.29) is 11.9 Å². The molecule has 0 aliphatic rings. The lowest BCUT2D eigenvalue weighted by Gasteiger charge is -2.13. The van der Waals surface area contributed by atoms with E-state index in [2.05, 4.69) is 10.3 Å². The highest BCUT2D eigenvalue weighted by molar-refractivity contribution is 6.17. The van der Waals surface area contributed by atoms with Gasteiger partial charge in [0.05, 0.1) is 11.7 Å². The van der Waals surface area contributed by atoms with Gasteiger partial charge in [-0.05, 0) is 36.8 Å². The van der Waals surface area contributed by atoms with Gasteiger partial charge in [0.25, 0.3) is 5.91 Å². The van der Waals surface area contributed by atoms with Crippen molar-refractivity contribution in [2.45, 2.75) is 18.8 Å². The first kappa shape index (κ1) is 13.6. The molecule has 2 aromatic rings. The Kier molecular flexibility index (Phi) is 4.53. The number of alkyl halides is 1. The third kappa shape index (κ3) is 3.55. The normalized spacial score (nSPS) is 11.9. The predicted molar refractivity (Wildman–Crippen MR) is 76.1 cm³/mol. The monoisotopic (exact) mass is 274 g/mol. The first-order chi connectivity index (χ1) is 9.20. The van der Waals surface area contributed by atoms with Crippen molar-refractivity contribution < 1.29 is 4.79 Å². The van der Waals surface area contributed by atoms with E-state index in [0.717, 1.165) is 11.3 Å². The van der Waals surface area contributed by atoms with Crippen molar-refractivity contribution in [3.63, 3.8) is 0 Å². The van der Waals surface area contributed by atoms with Crippen molar-refractivity contribution in [1.82, 2.24) is 10.3 Å². The Morgan fingerprint density at radius 2 is 2.16 bits per heavy atom. The van der Waals surface area contributed by atoms with Crippen molar-refractivity contribution in [2.75, 3.05) is 0 Å². The molecule has 19 heavy (non-hydrogen) atoms. The van der Waals surface area contributed by atoms with E-state index in [0.29, 0.717) is 11.4 Å². The van der Waals surface area contributed by atoms with Crippen molar-refractivity contribution >= 4 is 17.5 Å². The van der Waals surface area contributed by atoms with Crippen LogP contribution in [0.2, 0.25) is 0 Å². The van der Waals surface area contributed by atoms with Crippen LogP contribution in [-0.4, -0.2) is 10.9 Å². The fraction of sp³-hybridized carbons (Fsp3) is 0.200. The summed E-state index contributed by atoms with van der Waals surface area (Å²) in [5, 5.41) is 2.92. The average Bonchev–Trinajstić information content (AvgIpc) is 2.48. The summed E-state index contributed by atoms with van der Waals surface area (Å²) in [4.78, 5) is 16.3. The van der Waals surface area contributed by atoms with Gasteiger partial charge in [-0.15, -0.1) is 11.6 Å². The average molecular weight is 275 g/mol. The number of hydrogen-bond acceptors (Lipinski definition) is 2. The maximum absolute atomic E-state index is 12.1. The van der Waals surface area contributed by atoms with Crippen LogP contribution in [0.4, 0.5) is 0 Å². The van der Waals surface area contributed by atoms with Crippen molar-refractivity contribution in [1.29, 1.82) is 0 Å². The molecular weight excluding hydrogens is 260 g/mol. The molecule has 0 saturated heterocycles. The van der Waals surface area contributed by atoms with E-state index in [9.17, 15) is 4.79 Å². The third-order valence-corrected chi connectivity index (χ3v) is 3.13. The van der Waals surface area contributed by atoms with Gasteiger partial charge < -0.3 is 5.32 Å². The highest BCUT2D eigenvalue weighted by atomic mass is 35.5. The van der Waals surface area contributed by atoms with E-state index < -0.39 is 0 Å². The summed E-state index contributed by atoms with van der Waals surface area (Å²) in [6.45, 7) is 1.91. The number of hydrogen-bond donors (Lipinski definition) is 1. The summed E-state index contributed by atoms with van der Waals surface area (Å²) in [5.74, 6) is 0.279. The maximum Gasteiger partial charge on any atom is 0.251 e. The van der Waals surface area contributed by atoms with Crippen LogP contribution in [0.25, 0.3) is 0 Å². The molecule has 98 valence electrons. The number of carbonyl (C=O) groups excluding carboxylic acids is 1. The number of nitrogens with zero attached hydrogens (tertiary/aromatic N) is 1. The lowest BCUT2D eigenvalue weighted by Crippen LogP contribution is -2.27. The Morgan fingerprint density at radius 1 is 1.32 bits per heavy atom. The van der Waals surface area contributed by atoms with E-state index in [1.807, 2.05) is 37.3 Å². The van der Waals surface area contributed by atoms with E-state index >= 15 is 0 Å². The molecule has 1 aromatic carbocycles. The van der Waals surface area contributed by atoms with Gasteiger partial charge in [-0.3, -0.25) is 9.78 Å². The Hall–Kier alpha value is -1.87. The number of halogens is 1. The largest absolute Gasteiger partial charge is 0.344 e. The summed E-state index contributed by atoms with van der Waals surface area (Å²) < 4.78 is 0. The number of carbonyl (C=O) groups is 1. The second-order valence-electron chi connectivity index (χ2n) is 4.28. The molecule has 1 amide bonds. The van der Waals surface area contributed by atoms with Gasteiger partial charge >= 0.3 is 0 Å². The van der Waals surface area contributed by atoms with Crippen molar-refractivity contribution in [3.05, 3.63) is 65.5 Å². The molecule has 0 saturated carbocycles. The minimum atomic E-state index is -0.131. The lowest BCUT2D eigenvalue weighted by atomic mass is 10.1. The molecule has 2 rings (SSSR count). The van der Waals surface area contributed by atoms with E-state index in [1.54, 1.807) is 18.3 Å². The highest BCUT2D eigenvalue weighted by Crippen LogP contribution is 2.11. The Morgan fingerprint density at radius 3 is 2.84 bits per heavy atom. The molecule has 0 fully saturated rings. The first-order valence-electron chi connectivity index (χ1n) is 6.07. The van der Waals surface area contributed by atoms with Gasteiger partial charge in [0.2, 0.25) is 0 Å². The zero-order valence-corrected chi connectivity index (χ0v) is 11.4. The minimum absolute atomic E-state index is 0.120. The Bertz CT molecular complexity index is 557. The predicted octanol–water partition coefficient (Wildman–Crippen LogP) is 3.31. The summed E-state index contributed by atoms with van der Waals surface area (Å²) in [6, 6.07) is 12.8. The van der Waals surface area contributed by atoms with Crippen LogP contribution >= 0.6 is 11.6 Å². The molecular formula is C15H15ClN2O. The van der Waals surface area contributed by atoms with Gasteiger partial charge in [-0.2, -0.15) is 0 Å². The van der Waals surface area contributed by atoms with Crippen molar-refractivity contribution in [2.24, 2.45) is 0 Å². The number of rotatable bonds is 4. The Balaban J connectivity index is 2.08. The molecule has 1 N–H and O–H groups in total. The molecule has 1 atom stereocenters. The summed E-state index contributed by atoms with van der Waals surface area (Å²) in [7, 11) is 0. The van der Waals surface area contributed by atoms with Crippen LogP contribution in [0.5, 0.6) is 0 Å². The van der Waals surface area contributed by atoms with Crippen LogP contribution in [0.1, 0.15) is 34.6 Å². The molecule has 1 unspecified atom stereocenters. The zero-order chi connectivity index (χ0) is 13.7. The summed E-state index contributed by atoms with van der Waals surface area (Å²) in [5.41, 5.74) is 2.38. The Labute approximate surface area is 117 Å². The summed E-state index contributed by atoms with van der Waals surface area (Å²) in [6.07, 6.45) is 1.71. The quantitative estimate of drug-likeness (QED) is 0.869. The second kappa shape index (κ2) is 6.34. The number of pyridine rings is 1. The lowest BCUT2D eigenvalue weighted by molar-refractivity contribution is 0.0939. The van der Waals surface area contributed by atoms with Crippen LogP contribution in [0.3, 0.4) is 0 Å². The first-order valence-corrected chi connectivity index (χ1v) is 6.61.